The molecule has 0 amide bonds. The molecule has 1 aromatic rings. The molecule has 0 saturated carbocycles. The first kappa shape index (κ1) is 9.68. The third-order valence-corrected chi connectivity index (χ3v) is 2.90. The van der Waals surface area contributed by atoms with E-state index in [0.29, 0.717) is 5.92 Å². The van der Waals surface area contributed by atoms with Gasteiger partial charge in [0, 0.05) is 31.9 Å². The van der Waals surface area contributed by atoms with Crippen molar-refractivity contribution in [2.75, 3.05) is 13.1 Å². The van der Waals surface area contributed by atoms with E-state index >= 15 is 0 Å². The first-order valence-electron chi connectivity index (χ1n) is 5.15. The number of aryl methyl sites for hydroxylation is 1. The van der Waals surface area contributed by atoms with E-state index in [1.807, 2.05) is 17.8 Å². The lowest BCUT2D eigenvalue weighted by atomic mass is 9.93. The number of imidazole rings is 1. The molecule has 2 N–H and O–H groups in total. The molecule has 4 heteroatoms. The van der Waals surface area contributed by atoms with Gasteiger partial charge in [-0.15, -0.1) is 0 Å². The van der Waals surface area contributed by atoms with Gasteiger partial charge in [-0.25, -0.2) is 4.98 Å². The summed E-state index contributed by atoms with van der Waals surface area (Å²) in [6.07, 6.45) is 5.40. The van der Waals surface area contributed by atoms with E-state index in [9.17, 15) is 5.11 Å². The molecule has 0 radical (unpaired) electrons. The summed E-state index contributed by atoms with van der Waals surface area (Å²) in [6.45, 7) is 1.97. The normalized spacial score (nSPS) is 24.9. The first-order chi connectivity index (χ1) is 6.79. The van der Waals surface area contributed by atoms with Crippen molar-refractivity contribution in [3.63, 3.8) is 0 Å². The average Bonchev–Trinajstić information content (AvgIpc) is 2.65. The number of rotatable bonds is 2. The van der Waals surface area contributed by atoms with Gasteiger partial charge in [-0.2, -0.15) is 0 Å². The molecule has 2 heterocycles. The minimum absolute atomic E-state index is 0.310. The second kappa shape index (κ2) is 4.11. The Hall–Kier alpha value is -0.870. The van der Waals surface area contributed by atoms with Gasteiger partial charge in [0.1, 0.15) is 11.9 Å². The molecule has 0 bridgehead atoms. The van der Waals surface area contributed by atoms with E-state index < -0.39 is 6.10 Å². The van der Waals surface area contributed by atoms with Crippen LogP contribution in [0.1, 0.15) is 24.8 Å². The highest BCUT2D eigenvalue weighted by atomic mass is 16.3. The average molecular weight is 195 g/mol. The van der Waals surface area contributed by atoms with Crippen molar-refractivity contribution in [3.8, 4) is 0 Å². The van der Waals surface area contributed by atoms with Crippen molar-refractivity contribution >= 4 is 0 Å². The Balaban J connectivity index is 2.07. The minimum atomic E-state index is -0.428. The molecular weight excluding hydrogens is 178 g/mol. The van der Waals surface area contributed by atoms with E-state index in [0.717, 1.165) is 31.8 Å². The number of aliphatic hydroxyl groups excluding tert-OH is 1. The molecular formula is C10H17N3O. The summed E-state index contributed by atoms with van der Waals surface area (Å²) >= 11 is 0. The van der Waals surface area contributed by atoms with E-state index in [1.165, 1.54) is 0 Å². The predicted octanol–water partition coefficient (Wildman–Crippen LogP) is 0.453. The number of nitrogens with zero attached hydrogens (tertiary/aromatic N) is 2. The van der Waals surface area contributed by atoms with Crippen molar-refractivity contribution in [1.29, 1.82) is 0 Å². The first-order valence-corrected chi connectivity index (χ1v) is 5.15. The van der Waals surface area contributed by atoms with E-state index in [2.05, 4.69) is 10.3 Å². The fraction of sp³-hybridized carbons (Fsp3) is 0.700. The molecule has 2 rings (SSSR count). The summed E-state index contributed by atoms with van der Waals surface area (Å²) in [7, 11) is 1.92. The standard InChI is InChI=1S/C10H17N3O/c1-13-6-5-12-10(13)9(14)8-3-2-4-11-7-8/h5-6,8-9,11,14H,2-4,7H2,1H3/t8-,9+/m1/s1. The third kappa shape index (κ3) is 1.81. The van der Waals surface area contributed by atoms with Crippen molar-refractivity contribution in [2.45, 2.75) is 18.9 Å². The summed E-state index contributed by atoms with van der Waals surface area (Å²) in [4.78, 5) is 4.18. The van der Waals surface area contributed by atoms with Gasteiger partial charge in [0.25, 0.3) is 0 Å². The smallest absolute Gasteiger partial charge is 0.137 e. The molecule has 1 aliphatic rings. The molecule has 2 atom stereocenters. The molecule has 4 nitrogen and oxygen atoms in total. The number of aromatic nitrogens is 2. The van der Waals surface area contributed by atoms with E-state index in [-0.39, 0.29) is 0 Å². The number of aliphatic hydroxyl groups is 1. The number of hydrogen-bond acceptors (Lipinski definition) is 3. The quantitative estimate of drug-likeness (QED) is 0.720. The highest BCUT2D eigenvalue weighted by Crippen LogP contribution is 2.25. The van der Waals surface area contributed by atoms with Crippen LogP contribution < -0.4 is 5.32 Å². The van der Waals surface area contributed by atoms with Crippen molar-refractivity contribution in [2.24, 2.45) is 13.0 Å². The summed E-state index contributed by atoms with van der Waals surface area (Å²) < 4.78 is 1.89. The predicted molar refractivity (Wildman–Crippen MR) is 53.8 cm³/mol. The van der Waals surface area contributed by atoms with Crippen LogP contribution in [0.2, 0.25) is 0 Å². The largest absolute Gasteiger partial charge is 0.385 e. The van der Waals surface area contributed by atoms with Gasteiger partial charge in [0.05, 0.1) is 0 Å². The monoisotopic (exact) mass is 195 g/mol. The van der Waals surface area contributed by atoms with Crippen molar-refractivity contribution in [3.05, 3.63) is 18.2 Å². The number of nitrogens with one attached hydrogen (secondary N) is 1. The van der Waals surface area contributed by atoms with Crippen LogP contribution in [0.15, 0.2) is 12.4 Å². The Morgan fingerprint density at radius 2 is 2.57 bits per heavy atom. The van der Waals surface area contributed by atoms with E-state index in [4.69, 9.17) is 0 Å². The SMILES string of the molecule is Cn1ccnc1[C@@H](O)[C@@H]1CCCNC1. The fourth-order valence-electron chi connectivity index (χ4n) is 2.02. The summed E-state index contributed by atoms with van der Waals surface area (Å²) in [5, 5.41) is 13.4. The van der Waals surface area contributed by atoms with Gasteiger partial charge in [0.15, 0.2) is 0 Å². The third-order valence-electron chi connectivity index (χ3n) is 2.90. The molecule has 1 saturated heterocycles. The van der Waals surface area contributed by atoms with Gasteiger partial charge in [0.2, 0.25) is 0 Å². The number of hydrogen-bond donors (Lipinski definition) is 2. The Bertz CT molecular complexity index is 291. The summed E-state index contributed by atoms with van der Waals surface area (Å²) in [5.74, 6) is 1.09. The lowest BCUT2D eigenvalue weighted by Gasteiger charge is -2.26. The van der Waals surface area contributed by atoms with Crippen LogP contribution in [-0.4, -0.2) is 27.7 Å². The molecule has 0 aromatic carbocycles. The van der Waals surface area contributed by atoms with Crippen LogP contribution >= 0.6 is 0 Å². The highest BCUT2D eigenvalue weighted by molar-refractivity contribution is 4.98. The van der Waals surface area contributed by atoms with Crippen molar-refractivity contribution in [1.82, 2.24) is 14.9 Å². The summed E-state index contributed by atoms with van der Waals surface area (Å²) in [6, 6.07) is 0. The van der Waals surface area contributed by atoms with Gasteiger partial charge in [-0.3, -0.25) is 0 Å². The molecule has 1 aromatic heterocycles. The molecule has 0 spiro atoms. The molecule has 0 aliphatic carbocycles. The molecule has 14 heavy (non-hydrogen) atoms. The molecule has 1 aliphatic heterocycles. The van der Waals surface area contributed by atoms with Crippen LogP contribution in [0.5, 0.6) is 0 Å². The lowest BCUT2D eigenvalue weighted by Crippen LogP contribution is -2.34. The number of piperidine rings is 1. The Labute approximate surface area is 84.0 Å². The zero-order valence-electron chi connectivity index (χ0n) is 8.48. The van der Waals surface area contributed by atoms with Gasteiger partial charge < -0.3 is 15.0 Å². The van der Waals surface area contributed by atoms with Crippen LogP contribution in [-0.2, 0) is 7.05 Å². The Morgan fingerprint density at radius 3 is 3.14 bits per heavy atom. The van der Waals surface area contributed by atoms with Gasteiger partial charge >= 0.3 is 0 Å². The topological polar surface area (TPSA) is 50.1 Å². The Morgan fingerprint density at radius 1 is 1.71 bits per heavy atom. The lowest BCUT2D eigenvalue weighted by molar-refractivity contribution is 0.0819. The van der Waals surface area contributed by atoms with Crippen LogP contribution in [0.4, 0.5) is 0 Å². The van der Waals surface area contributed by atoms with Gasteiger partial charge in [-0.05, 0) is 19.4 Å². The van der Waals surface area contributed by atoms with Crippen LogP contribution in [0.3, 0.4) is 0 Å². The molecule has 0 unspecified atom stereocenters. The molecule has 1 fully saturated rings. The zero-order chi connectivity index (χ0) is 9.97. The van der Waals surface area contributed by atoms with Crippen LogP contribution in [0, 0.1) is 5.92 Å². The maximum absolute atomic E-state index is 10.1. The van der Waals surface area contributed by atoms with Gasteiger partial charge in [-0.1, -0.05) is 0 Å². The van der Waals surface area contributed by atoms with E-state index in [1.54, 1.807) is 6.20 Å². The second-order valence-electron chi connectivity index (χ2n) is 3.95. The summed E-state index contributed by atoms with van der Waals surface area (Å²) in [5.41, 5.74) is 0. The highest BCUT2D eigenvalue weighted by Gasteiger charge is 2.25. The zero-order valence-corrected chi connectivity index (χ0v) is 8.48. The Kier molecular flexibility index (Phi) is 2.84. The maximum atomic E-state index is 10.1. The second-order valence-corrected chi connectivity index (χ2v) is 3.95. The molecule has 78 valence electrons. The fourth-order valence-corrected chi connectivity index (χ4v) is 2.02. The van der Waals surface area contributed by atoms with Crippen molar-refractivity contribution < 1.29 is 5.11 Å². The maximum Gasteiger partial charge on any atom is 0.137 e. The van der Waals surface area contributed by atoms with Crippen LogP contribution in [0.25, 0.3) is 0 Å². The minimum Gasteiger partial charge on any atom is -0.385 e.